The Balaban J connectivity index is 2.14. The Bertz CT molecular complexity index is 1470. The van der Waals surface area contributed by atoms with Crippen molar-refractivity contribution in [1.29, 1.82) is 0 Å². The largest absolute Gasteiger partial charge is 0.466 e. The molecule has 1 aliphatic rings. The fourth-order valence-electron chi connectivity index (χ4n) is 9.12. The molecule has 1 rings (SSSR count). The Morgan fingerprint density at radius 2 is 0.973 bits per heavy atom. The average molecular weight is 1060 g/mol. The minimum atomic E-state index is -1.58. The molecule has 0 saturated carbocycles. The number of aliphatic hydroxyl groups excluding tert-OH is 5. The number of carbonyl (C=O) groups is 2. The van der Waals surface area contributed by atoms with Crippen LogP contribution in [-0.2, 0) is 23.8 Å². The van der Waals surface area contributed by atoms with Crippen molar-refractivity contribution in [2.75, 3.05) is 19.8 Å². The Hall–Kier alpha value is -2.90. The van der Waals surface area contributed by atoms with Gasteiger partial charge in [0.2, 0.25) is 5.91 Å². The van der Waals surface area contributed by atoms with E-state index in [2.05, 4.69) is 79.9 Å². The van der Waals surface area contributed by atoms with Gasteiger partial charge in [-0.25, -0.2) is 0 Å². The predicted octanol–water partition coefficient (Wildman–Crippen LogP) is 14.4. The first-order valence-corrected chi connectivity index (χ1v) is 30.7. The molecule has 0 aliphatic carbocycles. The van der Waals surface area contributed by atoms with E-state index in [1.54, 1.807) is 6.08 Å². The van der Waals surface area contributed by atoms with Crippen molar-refractivity contribution in [3.8, 4) is 0 Å². The molecule has 0 aromatic rings. The molecule has 1 fully saturated rings. The van der Waals surface area contributed by atoms with Crippen molar-refractivity contribution in [1.82, 2.24) is 5.32 Å². The van der Waals surface area contributed by atoms with Gasteiger partial charge in [-0.15, -0.1) is 0 Å². The van der Waals surface area contributed by atoms with Gasteiger partial charge in [-0.2, -0.15) is 0 Å². The second-order valence-electron chi connectivity index (χ2n) is 21.1. The monoisotopic (exact) mass is 1060 g/mol. The van der Waals surface area contributed by atoms with Crippen LogP contribution < -0.4 is 5.32 Å². The van der Waals surface area contributed by atoms with E-state index in [0.29, 0.717) is 19.4 Å². The molecule has 6 N–H and O–H groups in total. The minimum absolute atomic E-state index is 0.0450. The van der Waals surface area contributed by atoms with E-state index in [0.717, 1.165) is 103 Å². The van der Waals surface area contributed by atoms with Crippen molar-refractivity contribution in [3.63, 3.8) is 0 Å². The van der Waals surface area contributed by atoms with Crippen LogP contribution >= 0.6 is 0 Å². The van der Waals surface area contributed by atoms with Crippen LogP contribution in [0.15, 0.2) is 72.9 Å². The smallest absolute Gasteiger partial charge is 0.305 e. The summed E-state index contributed by atoms with van der Waals surface area (Å²) in [7, 11) is 0. The van der Waals surface area contributed by atoms with Crippen molar-refractivity contribution in [2.24, 2.45) is 0 Å². The summed E-state index contributed by atoms with van der Waals surface area (Å²) in [6.07, 6.45) is 59.9. The molecule has 0 aromatic carbocycles. The molecule has 1 heterocycles. The fraction of sp³-hybridized carbons (Fsp3) is 0.781. The molecule has 1 amide bonds. The molecule has 1 saturated heterocycles. The normalized spacial score (nSPS) is 19.3. The average Bonchev–Trinajstić information content (AvgIpc) is 3.41. The summed E-state index contributed by atoms with van der Waals surface area (Å²) in [6, 6.07) is -0.838. The highest BCUT2D eigenvalue weighted by Crippen LogP contribution is 2.23. The molecule has 11 nitrogen and oxygen atoms in total. The van der Waals surface area contributed by atoms with E-state index in [-0.39, 0.29) is 18.5 Å². The molecule has 1 aliphatic heterocycles. The molecule has 7 atom stereocenters. The van der Waals surface area contributed by atoms with Crippen molar-refractivity contribution in [3.05, 3.63) is 72.9 Å². The standard InChI is InChI=1S/C64H113NO10/c1-3-5-7-9-11-13-15-17-23-27-30-34-38-42-46-50-57(67)56(55-74-64-63(72)62(71)61(70)58(54-66)75-64)65-59(68)51-47-43-39-35-31-28-24-21-19-18-20-22-25-29-33-37-41-45-49-53-73-60(69)52-48-44-40-36-32-26-16-14-12-10-8-6-4-2/h8,10,14,16,22,25,29-30,33-34,46,50,56-58,61-64,66-67,70-72H,3-7,9,11-13,15,17-21,23-24,26-28,31-32,35-45,47-49,51-55H2,1-2H3,(H,65,68)/b10-8-,16-14-,25-22-,33-29-,34-30+,50-46+. The lowest BCUT2D eigenvalue weighted by Gasteiger charge is -2.40. The van der Waals surface area contributed by atoms with Gasteiger partial charge in [-0.1, -0.05) is 215 Å². The first kappa shape index (κ1) is 70.1. The number of nitrogens with one attached hydrogen (secondary N) is 1. The molecule has 0 aromatic heterocycles. The van der Waals surface area contributed by atoms with Crippen LogP contribution in [0.2, 0.25) is 0 Å². The Kier molecular flexibility index (Phi) is 49.7. The van der Waals surface area contributed by atoms with Gasteiger partial charge in [0.05, 0.1) is 32.0 Å². The number of rotatable bonds is 52. The van der Waals surface area contributed by atoms with Gasteiger partial charge < -0.3 is 45.1 Å². The molecule has 0 spiro atoms. The van der Waals surface area contributed by atoms with Gasteiger partial charge >= 0.3 is 5.97 Å². The molecule has 434 valence electrons. The zero-order valence-corrected chi connectivity index (χ0v) is 47.7. The van der Waals surface area contributed by atoms with Crippen LogP contribution in [0.1, 0.15) is 258 Å². The second-order valence-corrected chi connectivity index (χ2v) is 21.1. The van der Waals surface area contributed by atoms with E-state index in [4.69, 9.17) is 14.2 Å². The predicted molar refractivity (Wildman–Crippen MR) is 310 cm³/mol. The fourth-order valence-corrected chi connectivity index (χ4v) is 9.12. The quantitative estimate of drug-likeness (QED) is 0.0149. The third-order valence-corrected chi connectivity index (χ3v) is 14.0. The summed E-state index contributed by atoms with van der Waals surface area (Å²) in [5.74, 6) is -0.248. The molecule has 0 radical (unpaired) electrons. The van der Waals surface area contributed by atoms with Crippen LogP contribution in [0.5, 0.6) is 0 Å². The Labute approximate surface area is 458 Å². The van der Waals surface area contributed by atoms with Gasteiger partial charge in [0, 0.05) is 12.8 Å². The van der Waals surface area contributed by atoms with Gasteiger partial charge in [0.25, 0.3) is 0 Å². The lowest BCUT2D eigenvalue weighted by atomic mass is 9.99. The number of carbonyl (C=O) groups excluding carboxylic acids is 2. The van der Waals surface area contributed by atoms with Crippen LogP contribution in [-0.4, -0.2) is 100 Å². The number of amides is 1. The summed E-state index contributed by atoms with van der Waals surface area (Å²) < 4.78 is 16.7. The topological polar surface area (TPSA) is 175 Å². The van der Waals surface area contributed by atoms with Crippen LogP contribution in [0, 0.1) is 0 Å². The summed E-state index contributed by atoms with van der Waals surface area (Å²) in [6.45, 7) is 4.20. The van der Waals surface area contributed by atoms with Crippen molar-refractivity contribution in [2.45, 2.75) is 301 Å². The van der Waals surface area contributed by atoms with E-state index in [1.807, 2.05) is 6.08 Å². The zero-order chi connectivity index (χ0) is 54.5. The highest BCUT2D eigenvalue weighted by Gasteiger charge is 2.44. The molecule has 7 unspecified atom stereocenters. The second kappa shape index (κ2) is 53.1. The maximum Gasteiger partial charge on any atom is 0.305 e. The minimum Gasteiger partial charge on any atom is -0.466 e. The third-order valence-electron chi connectivity index (χ3n) is 14.0. The summed E-state index contributed by atoms with van der Waals surface area (Å²) in [4.78, 5) is 25.1. The lowest BCUT2D eigenvalue weighted by Crippen LogP contribution is -2.60. The highest BCUT2D eigenvalue weighted by atomic mass is 16.7. The van der Waals surface area contributed by atoms with Gasteiger partial charge in [-0.3, -0.25) is 9.59 Å². The number of hydrogen-bond acceptors (Lipinski definition) is 10. The number of aliphatic hydroxyl groups is 5. The maximum atomic E-state index is 13.1. The summed E-state index contributed by atoms with van der Waals surface area (Å²) in [5, 5.41) is 54.4. The van der Waals surface area contributed by atoms with E-state index < -0.39 is 49.5 Å². The van der Waals surface area contributed by atoms with Crippen molar-refractivity contribution < 1.29 is 49.3 Å². The summed E-state index contributed by atoms with van der Waals surface area (Å²) >= 11 is 0. The van der Waals surface area contributed by atoms with Crippen molar-refractivity contribution >= 4 is 11.9 Å². The highest BCUT2D eigenvalue weighted by molar-refractivity contribution is 5.76. The maximum absolute atomic E-state index is 13.1. The van der Waals surface area contributed by atoms with Gasteiger partial charge in [0.15, 0.2) is 6.29 Å². The van der Waals surface area contributed by atoms with Crippen LogP contribution in [0.3, 0.4) is 0 Å². The Morgan fingerprint density at radius 3 is 1.53 bits per heavy atom. The SMILES string of the molecule is CCC/C=C\C/C=C\CCCCCCCC(=O)OCCCCC/C=C\C=C/CCCCCCCCCCCCC(=O)NC(COC1OC(CO)C(O)C(O)C1O)C(O)/C=C/CC/C=C/CCCCCCCCCCC. The number of allylic oxidation sites excluding steroid dienone is 11. The van der Waals surface area contributed by atoms with Gasteiger partial charge in [0.1, 0.15) is 24.4 Å². The van der Waals surface area contributed by atoms with Crippen LogP contribution in [0.4, 0.5) is 0 Å². The van der Waals surface area contributed by atoms with Crippen LogP contribution in [0.25, 0.3) is 0 Å². The number of hydrogen-bond donors (Lipinski definition) is 6. The molecule has 0 bridgehead atoms. The lowest BCUT2D eigenvalue weighted by molar-refractivity contribution is -0.302. The molecular weight excluding hydrogens is 943 g/mol. The Morgan fingerprint density at radius 1 is 0.507 bits per heavy atom. The van der Waals surface area contributed by atoms with E-state index in [1.165, 1.54) is 128 Å². The first-order chi connectivity index (χ1) is 36.7. The van der Waals surface area contributed by atoms with E-state index in [9.17, 15) is 35.1 Å². The van der Waals surface area contributed by atoms with Gasteiger partial charge in [-0.05, 0) is 103 Å². The zero-order valence-electron chi connectivity index (χ0n) is 47.7. The number of unbranched alkanes of at least 4 members (excludes halogenated alkanes) is 29. The molecular formula is C64H113NO10. The molecule has 11 heteroatoms. The number of esters is 1. The first-order valence-electron chi connectivity index (χ1n) is 30.7. The number of ether oxygens (including phenoxy) is 3. The summed E-state index contributed by atoms with van der Waals surface area (Å²) in [5.41, 5.74) is 0. The third kappa shape index (κ3) is 42.8. The molecule has 75 heavy (non-hydrogen) atoms. The van der Waals surface area contributed by atoms with E-state index >= 15 is 0 Å².